The maximum atomic E-state index is 12.9. The van der Waals surface area contributed by atoms with Gasteiger partial charge in [0, 0.05) is 30.7 Å². The summed E-state index contributed by atoms with van der Waals surface area (Å²) >= 11 is 0. The molecule has 1 aliphatic heterocycles. The molecule has 2 fully saturated rings. The van der Waals surface area contributed by atoms with Crippen LogP contribution in [0.15, 0.2) is 23.1 Å². The zero-order valence-electron chi connectivity index (χ0n) is 14.7. The number of anilines is 1. The van der Waals surface area contributed by atoms with Gasteiger partial charge in [0.05, 0.1) is 4.90 Å². The summed E-state index contributed by atoms with van der Waals surface area (Å²) in [5, 5.41) is 2.87. The quantitative estimate of drug-likeness (QED) is 0.856. The predicted octanol–water partition coefficient (Wildman–Crippen LogP) is 2.24. The maximum Gasteiger partial charge on any atom is 0.243 e. The van der Waals surface area contributed by atoms with E-state index in [0.717, 1.165) is 32.1 Å². The minimum atomic E-state index is -3.52. The summed E-state index contributed by atoms with van der Waals surface area (Å²) in [6, 6.07) is 5.19. The van der Waals surface area contributed by atoms with Gasteiger partial charge in [-0.05, 0) is 56.7 Å². The molecule has 2 unspecified atom stereocenters. The Morgan fingerprint density at radius 3 is 2.56 bits per heavy atom. The second-order valence-electron chi connectivity index (χ2n) is 7.20. The molecule has 2 atom stereocenters. The molecule has 2 aliphatic rings. The Hall–Kier alpha value is -1.44. The van der Waals surface area contributed by atoms with E-state index in [-0.39, 0.29) is 22.8 Å². The summed E-state index contributed by atoms with van der Waals surface area (Å²) in [6.45, 7) is 2.93. The molecular formula is C18H27N3O3S. The second kappa shape index (κ2) is 7.43. The summed E-state index contributed by atoms with van der Waals surface area (Å²) in [5.74, 6) is -0.156. The molecule has 1 saturated heterocycles. The number of piperidine rings is 1. The molecule has 25 heavy (non-hydrogen) atoms. The molecule has 1 aromatic carbocycles. The van der Waals surface area contributed by atoms with E-state index in [4.69, 9.17) is 5.73 Å². The predicted molar refractivity (Wildman–Crippen MR) is 97.7 cm³/mol. The van der Waals surface area contributed by atoms with Gasteiger partial charge >= 0.3 is 0 Å². The third-order valence-electron chi connectivity index (χ3n) is 5.23. The van der Waals surface area contributed by atoms with Gasteiger partial charge in [0.2, 0.25) is 15.9 Å². The van der Waals surface area contributed by atoms with Crippen LogP contribution in [0, 0.1) is 12.8 Å². The molecule has 1 amide bonds. The van der Waals surface area contributed by atoms with Crippen molar-refractivity contribution in [2.24, 2.45) is 11.7 Å². The minimum absolute atomic E-state index is 0.0712. The fourth-order valence-electron chi connectivity index (χ4n) is 3.70. The summed E-state index contributed by atoms with van der Waals surface area (Å²) in [6.07, 6.45) is 5.22. The molecule has 0 spiro atoms. The first kappa shape index (κ1) is 18.4. The lowest BCUT2D eigenvalue weighted by atomic mass is 10.1. The first-order valence-corrected chi connectivity index (χ1v) is 10.5. The SMILES string of the molecule is Cc1ccc(NC(=O)C2CCC(N)C2)cc1S(=O)(=O)N1CCCCC1. The molecule has 1 aromatic rings. The van der Waals surface area contributed by atoms with E-state index in [2.05, 4.69) is 5.32 Å². The van der Waals surface area contributed by atoms with E-state index in [1.165, 1.54) is 0 Å². The fourth-order valence-corrected chi connectivity index (χ4v) is 5.47. The number of nitrogens with one attached hydrogen (secondary N) is 1. The smallest absolute Gasteiger partial charge is 0.243 e. The van der Waals surface area contributed by atoms with Gasteiger partial charge in [-0.3, -0.25) is 4.79 Å². The Morgan fingerprint density at radius 1 is 1.20 bits per heavy atom. The Morgan fingerprint density at radius 2 is 1.92 bits per heavy atom. The third-order valence-corrected chi connectivity index (χ3v) is 7.27. The molecule has 3 N–H and O–H groups in total. The van der Waals surface area contributed by atoms with E-state index >= 15 is 0 Å². The van der Waals surface area contributed by atoms with Crippen LogP contribution in [0.3, 0.4) is 0 Å². The number of sulfonamides is 1. The molecule has 0 radical (unpaired) electrons. The molecule has 1 heterocycles. The molecule has 0 bridgehead atoms. The number of carbonyl (C=O) groups excluding carboxylic acids is 1. The van der Waals surface area contributed by atoms with Crippen LogP contribution in [-0.4, -0.2) is 37.8 Å². The number of amides is 1. The monoisotopic (exact) mass is 365 g/mol. The van der Waals surface area contributed by atoms with E-state index in [0.29, 0.717) is 30.8 Å². The number of hydrogen-bond acceptors (Lipinski definition) is 4. The van der Waals surface area contributed by atoms with Crippen LogP contribution < -0.4 is 11.1 Å². The van der Waals surface area contributed by atoms with Crippen molar-refractivity contribution in [1.29, 1.82) is 0 Å². The highest BCUT2D eigenvalue weighted by Gasteiger charge is 2.29. The zero-order chi connectivity index (χ0) is 18.0. The highest BCUT2D eigenvalue weighted by molar-refractivity contribution is 7.89. The highest BCUT2D eigenvalue weighted by Crippen LogP contribution is 2.28. The summed E-state index contributed by atoms with van der Waals surface area (Å²) in [5.41, 5.74) is 7.11. The summed E-state index contributed by atoms with van der Waals surface area (Å²) in [4.78, 5) is 12.7. The van der Waals surface area contributed by atoms with E-state index in [9.17, 15) is 13.2 Å². The van der Waals surface area contributed by atoms with Gasteiger partial charge in [-0.1, -0.05) is 12.5 Å². The number of benzene rings is 1. The molecule has 7 heteroatoms. The molecule has 1 aliphatic carbocycles. The van der Waals surface area contributed by atoms with E-state index in [1.54, 1.807) is 29.4 Å². The maximum absolute atomic E-state index is 12.9. The number of aryl methyl sites for hydroxylation is 1. The highest BCUT2D eigenvalue weighted by atomic mass is 32.2. The molecular weight excluding hydrogens is 338 g/mol. The molecule has 1 saturated carbocycles. The lowest BCUT2D eigenvalue weighted by molar-refractivity contribution is -0.119. The minimum Gasteiger partial charge on any atom is -0.328 e. The lowest BCUT2D eigenvalue weighted by Gasteiger charge is -2.26. The Bertz CT molecular complexity index is 742. The van der Waals surface area contributed by atoms with Crippen LogP contribution >= 0.6 is 0 Å². The zero-order valence-corrected chi connectivity index (χ0v) is 15.5. The van der Waals surface area contributed by atoms with E-state index in [1.807, 2.05) is 0 Å². The molecule has 6 nitrogen and oxygen atoms in total. The van der Waals surface area contributed by atoms with Crippen LogP contribution in [-0.2, 0) is 14.8 Å². The van der Waals surface area contributed by atoms with Crippen molar-refractivity contribution < 1.29 is 13.2 Å². The first-order valence-electron chi connectivity index (χ1n) is 9.05. The van der Waals surface area contributed by atoms with Crippen molar-refractivity contribution in [3.63, 3.8) is 0 Å². The Labute approximate surface area is 149 Å². The normalized spacial score (nSPS) is 25.0. The topological polar surface area (TPSA) is 92.5 Å². The number of hydrogen-bond donors (Lipinski definition) is 2. The first-order chi connectivity index (χ1) is 11.9. The van der Waals surface area contributed by atoms with Crippen molar-refractivity contribution in [2.45, 2.75) is 56.4 Å². The summed E-state index contributed by atoms with van der Waals surface area (Å²) < 4.78 is 27.4. The Kier molecular flexibility index (Phi) is 5.46. The van der Waals surface area contributed by atoms with Crippen molar-refractivity contribution in [3.8, 4) is 0 Å². The Balaban J connectivity index is 1.79. The van der Waals surface area contributed by atoms with Crippen molar-refractivity contribution in [1.82, 2.24) is 4.31 Å². The summed E-state index contributed by atoms with van der Waals surface area (Å²) in [7, 11) is -3.52. The average Bonchev–Trinajstić information content (AvgIpc) is 3.04. The van der Waals surface area contributed by atoms with Gasteiger partial charge < -0.3 is 11.1 Å². The van der Waals surface area contributed by atoms with Crippen LogP contribution in [0.25, 0.3) is 0 Å². The lowest BCUT2D eigenvalue weighted by Crippen LogP contribution is -2.36. The van der Waals surface area contributed by atoms with Crippen LogP contribution in [0.2, 0.25) is 0 Å². The van der Waals surface area contributed by atoms with Crippen molar-refractivity contribution in [2.75, 3.05) is 18.4 Å². The molecule has 3 rings (SSSR count). The van der Waals surface area contributed by atoms with Gasteiger partial charge in [-0.15, -0.1) is 0 Å². The second-order valence-corrected chi connectivity index (χ2v) is 9.11. The number of nitrogens with two attached hydrogens (primary N) is 1. The molecule has 0 aromatic heterocycles. The van der Waals surface area contributed by atoms with Crippen LogP contribution in [0.5, 0.6) is 0 Å². The van der Waals surface area contributed by atoms with Gasteiger partial charge in [0.1, 0.15) is 0 Å². The van der Waals surface area contributed by atoms with Gasteiger partial charge in [0.25, 0.3) is 0 Å². The van der Waals surface area contributed by atoms with Crippen LogP contribution in [0.1, 0.15) is 44.1 Å². The number of rotatable bonds is 4. The standard InChI is InChI=1S/C18H27N3O3S/c1-13-5-8-16(20-18(22)14-6-7-15(19)11-14)12-17(13)25(23,24)21-9-3-2-4-10-21/h5,8,12,14-15H,2-4,6-7,9-11,19H2,1H3,(H,20,22). The average molecular weight is 365 g/mol. The largest absolute Gasteiger partial charge is 0.328 e. The number of carbonyl (C=O) groups is 1. The fraction of sp³-hybridized carbons (Fsp3) is 0.611. The number of nitrogens with zero attached hydrogens (tertiary/aromatic N) is 1. The molecule has 138 valence electrons. The van der Waals surface area contributed by atoms with Gasteiger partial charge in [0.15, 0.2) is 0 Å². The van der Waals surface area contributed by atoms with E-state index < -0.39 is 10.0 Å². The third kappa shape index (κ3) is 4.04. The van der Waals surface area contributed by atoms with Crippen LogP contribution in [0.4, 0.5) is 5.69 Å². The van der Waals surface area contributed by atoms with Crippen molar-refractivity contribution >= 4 is 21.6 Å². The van der Waals surface area contributed by atoms with Crippen molar-refractivity contribution in [3.05, 3.63) is 23.8 Å². The van der Waals surface area contributed by atoms with Gasteiger partial charge in [-0.2, -0.15) is 4.31 Å². The van der Waals surface area contributed by atoms with Gasteiger partial charge in [-0.25, -0.2) is 8.42 Å².